The van der Waals surface area contributed by atoms with Gasteiger partial charge in [-0.25, -0.2) is 4.39 Å². The number of fused-ring (bicyclic) bond motifs is 1. The minimum atomic E-state index is -1.46. The second-order valence-electron chi connectivity index (χ2n) is 3.81. The highest BCUT2D eigenvalue weighted by atomic mass is 19.1. The fraction of sp³-hybridized carbons (Fsp3) is 0.0833. The van der Waals surface area contributed by atoms with Gasteiger partial charge in [-0.3, -0.25) is 4.79 Å². The fourth-order valence-electron chi connectivity index (χ4n) is 1.77. The zero-order valence-corrected chi connectivity index (χ0v) is 9.22. The third-order valence-corrected chi connectivity index (χ3v) is 2.69. The third-order valence-electron chi connectivity index (χ3n) is 2.69. The summed E-state index contributed by atoms with van der Waals surface area (Å²) < 4.78 is 12.9. The lowest BCUT2D eigenvalue weighted by atomic mass is 10.00. The molecule has 1 heterocycles. The van der Waals surface area contributed by atoms with Crippen molar-refractivity contribution in [1.82, 2.24) is 4.98 Å². The fourth-order valence-corrected chi connectivity index (χ4v) is 1.77. The Morgan fingerprint density at radius 1 is 1.50 bits per heavy atom. The number of hydrogen-bond acceptors (Lipinski definition) is 3. The number of carbonyl (C=O) groups is 1. The van der Waals surface area contributed by atoms with E-state index in [1.165, 1.54) is 18.3 Å². The van der Waals surface area contributed by atoms with Crippen molar-refractivity contribution in [2.24, 2.45) is 5.73 Å². The Bertz CT molecular complexity index is 633. The summed E-state index contributed by atoms with van der Waals surface area (Å²) in [6.45, 7) is 0. The van der Waals surface area contributed by atoms with E-state index in [1.54, 1.807) is 6.07 Å². The lowest BCUT2D eigenvalue weighted by molar-refractivity contribution is -0.137. The molecule has 0 amide bonds. The molecule has 6 heteroatoms. The summed E-state index contributed by atoms with van der Waals surface area (Å²) in [6, 6.07) is 3.03. The van der Waals surface area contributed by atoms with Crippen LogP contribution in [0, 0.1) is 0 Å². The van der Waals surface area contributed by atoms with Crippen molar-refractivity contribution in [1.29, 1.82) is 0 Å². The molecule has 1 aromatic carbocycles. The van der Waals surface area contributed by atoms with Gasteiger partial charge >= 0.3 is 5.97 Å². The molecule has 0 aliphatic rings. The predicted molar refractivity (Wildman–Crippen MR) is 64.7 cm³/mol. The molecule has 0 fully saturated rings. The number of nitrogens with two attached hydrogens (primary N) is 1. The number of rotatable bonds is 3. The van der Waals surface area contributed by atoms with Gasteiger partial charge in [-0.1, -0.05) is 0 Å². The summed E-state index contributed by atoms with van der Waals surface area (Å²) in [5.74, 6) is -1.32. The van der Waals surface area contributed by atoms with Gasteiger partial charge in [0, 0.05) is 28.2 Å². The van der Waals surface area contributed by atoms with Crippen molar-refractivity contribution < 1.29 is 19.4 Å². The second-order valence-corrected chi connectivity index (χ2v) is 3.81. The summed E-state index contributed by atoms with van der Waals surface area (Å²) in [6.07, 6.45) is 1.63. The predicted octanol–water partition coefficient (Wildman–Crippen LogP) is 1.60. The SMILES string of the molecule is NC(C(=O)O)C(=CF)c1c[nH]c2ccc(O)cc12. The molecule has 0 aliphatic heterocycles. The van der Waals surface area contributed by atoms with E-state index in [-0.39, 0.29) is 17.7 Å². The third kappa shape index (κ3) is 1.93. The lowest BCUT2D eigenvalue weighted by Crippen LogP contribution is -2.31. The highest BCUT2D eigenvalue weighted by molar-refractivity contribution is 5.99. The summed E-state index contributed by atoms with van der Waals surface area (Å²) in [5, 5.41) is 18.7. The van der Waals surface area contributed by atoms with Crippen LogP contribution >= 0.6 is 0 Å². The molecular weight excluding hydrogens is 239 g/mol. The highest BCUT2D eigenvalue weighted by Crippen LogP contribution is 2.29. The van der Waals surface area contributed by atoms with Crippen LogP contribution < -0.4 is 5.73 Å². The Kier molecular flexibility index (Phi) is 3.03. The molecular formula is C12H11FN2O3. The Balaban J connectivity index is 2.59. The van der Waals surface area contributed by atoms with Crippen molar-refractivity contribution in [3.8, 4) is 5.75 Å². The van der Waals surface area contributed by atoms with E-state index < -0.39 is 12.0 Å². The standard InChI is InChI=1S/C12H11FN2O3/c13-4-8(11(14)12(17)18)9-5-15-10-2-1-6(16)3-7(9)10/h1-5,11,15-16H,14H2,(H,17,18). The molecule has 1 aromatic heterocycles. The molecule has 0 radical (unpaired) electrons. The molecule has 0 bridgehead atoms. The number of aliphatic carboxylic acids is 1. The van der Waals surface area contributed by atoms with Crippen molar-refractivity contribution in [3.05, 3.63) is 36.3 Å². The number of benzene rings is 1. The molecule has 94 valence electrons. The molecule has 1 unspecified atom stereocenters. The normalized spacial score (nSPS) is 13.8. The number of carboxylic acids is 1. The molecule has 5 N–H and O–H groups in total. The number of aromatic nitrogens is 1. The van der Waals surface area contributed by atoms with Crippen LogP contribution in [0.5, 0.6) is 5.75 Å². The van der Waals surface area contributed by atoms with Gasteiger partial charge in [-0.05, 0) is 18.2 Å². The van der Waals surface area contributed by atoms with E-state index in [2.05, 4.69) is 4.98 Å². The van der Waals surface area contributed by atoms with Crippen LogP contribution in [0.3, 0.4) is 0 Å². The number of phenols is 1. The van der Waals surface area contributed by atoms with Crippen LogP contribution in [0.2, 0.25) is 0 Å². The van der Waals surface area contributed by atoms with Gasteiger partial charge in [0.1, 0.15) is 11.8 Å². The van der Waals surface area contributed by atoms with Crippen molar-refractivity contribution >= 4 is 22.4 Å². The summed E-state index contributed by atoms with van der Waals surface area (Å²) in [4.78, 5) is 13.7. The first-order valence-corrected chi connectivity index (χ1v) is 5.13. The Labute approximate surface area is 101 Å². The van der Waals surface area contributed by atoms with E-state index in [1.807, 2.05) is 0 Å². The van der Waals surface area contributed by atoms with Gasteiger partial charge in [0.2, 0.25) is 0 Å². The first-order chi connectivity index (χ1) is 8.54. The van der Waals surface area contributed by atoms with Gasteiger partial charge in [-0.15, -0.1) is 0 Å². The maximum atomic E-state index is 12.9. The molecule has 0 aliphatic carbocycles. The maximum Gasteiger partial charge on any atom is 0.325 e. The highest BCUT2D eigenvalue weighted by Gasteiger charge is 2.21. The molecule has 2 rings (SSSR count). The van der Waals surface area contributed by atoms with Crippen LogP contribution in [0.15, 0.2) is 30.7 Å². The van der Waals surface area contributed by atoms with Gasteiger partial charge in [0.05, 0.1) is 6.33 Å². The number of H-pyrrole nitrogens is 1. The number of hydrogen-bond donors (Lipinski definition) is 4. The topological polar surface area (TPSA) is 99.3 Å². The number of carboxylic acid groups (broad SMARTS) is 1. The minimum absolute atomic E-state index is 0.00505. The number of aromatic amines is 1. The summed E-state index contributed by atoms with van der Waals surface area (Å²) >= 11 is 0. The first kappa shape index (κ1) is 12.1. The lowest BCUT2D eigenvalue weighted by Gasteiger charge is -2.09. The van der Waals surface area contributed by atoms with Gasteiger partial charge in [-0.2, -0.15) is 0 Å². The van der Waals surface area contributed by atoms with Crippen molar-refractivity contribution in [2.75, 3.05) is 0 Å². The first-order valence-electron chi connectivity index (χ1n) is 5.13. The average molecular weight is 250 g/mol. The van der Waals surface area contributed by atoms with Crippen LogP contribution in [0.25, 0.3) is 16.5 Å². The van der Waals surface area contributed by atoms with E-state index in [9.17, 15) is 14.3 Å². The Hall–Kier alpha value is -2.34. The van der Waals surface area contributed by atoms with E-state index in [0.29, 0.717) is 16.5 Å². The smallest absolute Gasteiger partial charge is 0.325 e. The van der Waals surface area contributed by atoms with Crippen molar-refractivity contribution in [3.63, 3.8) is 0 Å². The molecule has 0 saturated heterocycles. The Morgan fingerprint density at radius 2 is 2.22 bits per heavy atom. The van der Waals surface area contributed by atoms with E-state index in [4.69, 9.17) is 10.8 Å². The van der Waals surface area contributed by atoms with Gasteiger partial charge in [0.25, 0.3) is 0 Å². The summed E-state index contributed by atoms with van der Waals surface area (Å²) in [7, 11) is 0. The van der Waals surface area contributed by atoms with E-state index in [0.717, 1.165) is 0 Å². The zero-order valence-electron chi connectivity index (χ0n) is 9.22. The van der Waals surface area contributed by atoms with E-state index >= 15 is 0 Å². The van der Waals surface area contributed by atoms with Crippen LogP contribution in [-0.2, 0) is 4.79 Å². The Morgan fingerprint density at radius 3 is 2.83 bits per heavy atom. The molecule has 0 spiro atoms. The van der Waals surface area contributed by atoms with Crippen LogP contribution in [0.4, 0.5) is 4.39 Å². The molecule has 1 atom stereocenters. The zero-order chi connectivity index (χ0) is 13.3. The number of halogens is 1. The molecule has 2 aromatic rings. The molecule has 18 heavy (non-hydrogen) atoms. The number of nitrogens with one attached hydrogen (secondary N) is 1. The summed E-state index contributed by atoms with van der Waals surface area (Å²) in [5.41, 5.74) is 6.22. The van der Waals surface area contributed by atoms with Gasteiger partial charge < -0.3 is 20.9 Å². The van der Waals surface area contributed by atoms with Crippen molar-refractivity contribution in [2.45, 2.75) is 6.04 Å². The monoisotopic (exact) mass is 250 g/mol. The maximum absolute atomic E-state index is 12.9. The largest absolute Gasteiger partial charge is 0.508 e. The van der Waals surface area contributed by atoms with Crippen LogP contribution in [-0.4, -0.2) is 27.2 Å². The van der Waals surface area contributed by atoms with Crippen LogP contribution in [0.1, 0.15) is 5.56 Å². The quantitative estimate of drug-likeness (QED) is 0.664. The number of aromatic hydroxyl groups is 1. The molecule has 0 saturated carbocycles. The van der Waals surface area contributed by atoms with Gasteiger partial charge in [0.15, 0.2) is 0 Å². The average Bonchev–Trinajstić information content (AvgIpc) is 2.73. The minimum Gasteiger partial charge on any atom is -0.508 e. The number of phenolic OH excluding ortho intramolecular Hbond substituents is 1. The second kappa shape index (κ2) is 4.50. The molecule has 5 nitrogen and oxygen atoms in total.